The van der Waals surface area contributed by atoms with Gasteiger partial charge >= 0.3 is 0 Å². The van der Waals surface area contributed by atoms with Crippen LogP contribution in [0.4, 0.5) is 0 Å². The maximum absolute atomic E-state index is 5.65. The Morgan fingerprint density at radius 3 is 3.25 bits per heavy atom. The molecule has 0 spiro atoms. The van der Waals surface area contributed by atoms with Crippen molar-refractivity contribution in [1.29, 1.82) is 0 Å². The van der Waals surface area contributed by atoms with Crippen molar-refractivity contribution in [1.82, 2.24) is 5.32 Å². The van der Waals surface area contributed by atoms with Crippen molar-refractivity contribution >= 4 is 27.3 Å². The maximum Gasteiger partial charge on any atom is 0.0831 e. The molecule has 1 aliphatic rings. The van der Waals surface area contributed by atoms with Crippen molar-refractivity contribution in [2.75, 3.05) is 26.4 Å². The third kappa shape index (κ3) is 4.14. The van der Waals surface area contributed by atoms with Gasteiger partial charge in [0.25, 0.3) is 0 Å². The molecule has 0 bridgehead atoms. The average Bonchev–Trinajstić information content (AvgIpc) is 2.89. The fraction of sp³-hybridized carbons (Fsp3) is 0.636. The van der Waals surface area contributed by atoms with Gasteiger partial charge in [0.15, 0.2) is 0 Å². The van der Waals surface area contributed by atoms with E-state index < -0.39 is 0 Å². The Morgan fingerprint density at radius 2 is 2.56 bits per heavy atom. The van der Waals surface area contributed by atoms with Crippen LogP contribution in [0.5, 0.6) is 0 Å². The van der Waals surface area contributed by atoms with E-state index in [1.165, 1.54) is 4.88 Å². The van der Waals surface area contributed by atoms with E-state index in [0.717, 1.165) is 43.8 Å². The second-order valence-electron chi connectivity index (χ2n) is 3.76. The molecule has 1 aliphatic heterocycles. The predicted octanol–water partition coefficient (Wildman–Crippen LogP) is 2.41. The molecule has 90 valence electrons. The summed E-state index contributed by atoms with van der Waals surface area (Å²) in [5.41, 5.74) is 0. The van der Waals surface area contributed by atoms with Crippen LogP contribution in [0.15, 0.2) is 15.9 Å². The molecule has 0 aromatic carbocycles. The van der Waals surface area contributed by atoms with Gasteiger partial charge in [-0.3, -0.25) is 0 Å². The number of thiophene rings is 1. The fourth-order valence-electron chi connectivity index (χ4n) is 1.60. The predicted molar refractivity (Wildman–Crippen MR) is 68.9 cm³/mol. The summed E-state index contributed by atoms with van der Waals surface area (Å²) < 4.78 is 12.1. The Morgan fingerprint density at radius 1 is 1.62 bits per heavy atom. The molecular weight excluding hydrogens is 290 g/mol. The minimum absolute atomic E-state index is 0.317. The van der Waals surface area contributed by atoms with Crippen LogP contribution < -0.4 is 5.32 Å². The minimum atomic E-state index is 0.317. The van der Waals surface area contributed by atoms with E-state index >= 15 is 0 Å². The van der Waals surface area contributed by atoms with Crippen molar-refractivity contribution in [3.63, 3.8) is 0 Å². The molecule has 2 rings (SSSR count). The van der Waals surface area contributed by atoms with Crippen LogP contribution >= 0.6 is 27.3 Å². The molecule has 2 heterocycles. The number of nitrogens with one attached hydrogen (secondary N) is 1. The molecule has 1 atom stereocenters. The minimum Gasteiger partial charge on any atom is -0.379 e. The molecule has 16 heavy (non-hydrogen) atoms. The Hall–Kier alpha value is 0.0600. The Balaban J connectivity index is 1.51. The van der Waals surface area contributed by atoms with Gasteiger partial charge in [0.1, 0.15) is 0 Å². The van der Waals surface area contributed by atoms with Crippen molar-refractivity contribution in [2.45, 2.75) is 19.1 Å². The monoisotopic (exact) mass is 305 g/mol. The zero-order valence-electron chi connectivity index (χ0n) is 9.08. The Labute approximate surface area is 108 Å². The normalized spacial score (nSPS) is 20.4. The molecular formula is C11H16BrNO2S. The number of rotatable bonds is 6. The Kier molecular flexibility index (Phi) is 5.25. The molecule has 3 nitrogen and oxygen atoms in total. The van der Waals surface area contributed by atoms with Crippen LogP contribution in [0.1, 0.15) is 11.3 Å². The summed E-state index contributed by atoms with van der Waals surface area (Å²) in [6.45, 7) is 4.19. The van der Waals surface area contributed by atoms with Gasteiger partial charge in [-0.05, 0) is 28.4 Å². The molecule has 0 amide bonds. The van der Waals surface area contributed by atoms with Crippen LogP contribution in [-0.2, 0) is 16.0 Å². The highest BCUT2D eigenvalue weighted by molar-refractivity contribution is 9.10. The quantitative estimate of drug-likeness (QED) is 0.819. The number of ether oxygens (including phenoxy) is 2. The van der Waals surface area contributed by atoms with E-state index in [2.05, 4.69) is 32.7 Å². The molecule has 0 aliphatic carbocycles. The van der Waals surface area contributed by atoms with Gasteiger partial charge in [-0.15, -0.1) is 11.3 Å². The third-order valence-electron chi connectivity index (χ3n) is 2.44. The average molecular weight is 306 g/mol. The first-order chi connectivity index (χ1) is 7.84. The standard InChI is InChI=1S/C11H16BrNO2S/c12-9-5-11(16-8-9)6-13-2-4-15-10-1-3-14-7-10/h5,8,10,13H,1-4,6-7H2. The van der Waals surface area contributed by atoms with E-state index in [9.17, 15) is 0 Å². The van der Waals surface area contributed by atoms with Crippen LogP contribution in [0, 0.1) is 0 Å². The molecule has 1 saturated heterocycles. The summed E-state index contributed by atoms with van der Waals surface area (Å²) in [7, 11) is 0. The number of hydrogen-bond donors (Lipinski definition) is 1. The highest BCUT2D eigenvalue weighted by atomic mass is 79.9. The molecule has 1 N–H and O–H groups in total. The van der Waals surface area contributed by atoms with E-state index in [-0.39, 0.29) is 0 Å². The van der Waals surface area contributed by atoms with Crippen molar-refractivity contribution in [3.05, 3.63) is 20.8 Å². The van der Waals surface area contributed by atoms with Crippen LogP contribution in [0.25, 0.3) is 0 Å². The van der Waals surface area contributed by atoms with Gasteiger partial charge in [0, 0.05) is 34.4 Å². The molecule has 1 aromatic rings. The van der Waals surface area contributed by atoms with Crippen LogP contribution in [-0.4, -0.2) is 32.5 Å². The number of halogens is 1. The first-order valence-electron chi connectivity index (χ1n) is 5.47. The number of hydrogen-bond acceptors (Lipinski definition) is 4. The molecule has 5 heteroatoms. The molecule has 0 radical (unpaired) electrons. The lowest BCUT2D eigenvalue weighted by Gasteiger charge is -2.09. The van der Waals surface area contributed by atoms with Gasteiger partial charge in [-0.2, -0.15) is 0 Å². The summed E-state index contributed by atoms with van der Waals surface area (Å²) in [4.78, 5) is 1.34. The molecule has 1 unspecified atom stereocenters. The van der Waals surface area contributed by atoms with Crippen LogP contribution in [0.3, 0.4) is 0 Å². The lowest BCUT2D eigenvalue weighted by molar-refractivity contribution is 0.0444. The van der Waals surface area contributed by atoms with E-state index in [1.807, 2.05) is 0 Å². The van der Waals surface area contributed by atoms with E-state index in [0.29, 0.717) is 6.10 Å². The highest BCUT2D eigenvalue weighted by Crippen LogP contribution is 2.19. The van der Waals surface area contributed by atoms with Crippen molar-refractivity contribution < 1.29 is 9.47 Å². The summed E-state index contributed by atoms with van der Waals surface area (Å²) in [6, 6.07) is 2.14. The maximum atomic E-state index is 5.65. The SMILES string of the molecule is Brc1csc(CNCCOC2CCOC2)c1. The second kappa shape index (κ2) is 6.71. The van der Waals surface area contributed by atoms with Gasteiger partial charge in [-0.1, -0.05) is 0 Å². The van der Waals surface area contributed by atoms with E-state index in [1.54, 1.807) is 11.3 Å². The van der Waals surface area contributed by atoms with Gasteiger partial charge in [-0.25, -0.2) is 0 Å². The smallest absolute Gasteiger partial charge is 0.0831 e. The lowest BCUT2D eigenvalue weighted by atomic mass is 10.3. The first-order valence-corrected chi connectivity index (χ1v) is 7.15. The van der Waals surface area contributed by atoms with Gasteiger partial charge < -0.3 is 14.8 Å². The third-order valence-corrected chi connectivity index (χ3v) is 4.14. The summed E-state index contributed by atoms with van der Waals surface area (Å²) in [6.07, 6.45) is 1.36. The van der Waals surface area contributed by atoms with Gasteiger partial charge in [0.2, 0.25) is 0 Å². The van der Waals surface area contributed by atoms with E-state index in [4.69, 9.17) is 9.47 Å². The van der Waals surface area contributed by atoms with Crippen molar-refractivity contribution in [3.8, 4) is 0 Å². The first kappa shape index (κ1) is 12.5. The molecule has 1 fully saturated rings. The topological polar surface area (TPSA) is 30.5 Å². The largest absolute Gasteiger partial charge is 0.379 e. The summed E-state index contributed by atoms with van der Waals surface area (Å²) in [5, 5.41) is 5.46. The zero-order chi connectivity index (χ0) is 11.2. The van der Waals surface area contributed by atoms with Gasteiger partial charge in [0.05, 0.1) is 19.3 Å². The second-order valence-corrected chi connectivity index (χ2v) is 5.68. The summed E-state index contributed by atoms with van der Waals surface area (Å²) >= 11 is 5.21. The Bertz CT molecular complexity index is 313. The zero-order valence-corrected chi connectivity index (χ0v) is 11.5. The van der Waals surface area contributed by atoms with Crippen molar-refractivity contribution in [2.24, 2.45) is 0 Å². The molecule has 1 aromatic heterocycles. The summed E-state index contributed by atoms with van der Waals surface area (Å²) in [5.74, 6) is 0. The highest BCUT2D eigenvalue weighted by Gasteiger charge is 2.15. The van der Waals surface area contributed by atoms with Crippen LogP contribution in [0.2, 0.25) is 0 Å². The lowest BCUT2D eigenvalue weighted by Crippen LogP contribution is -2.22. The molecule has 0 saturated carbocycles. The fourth-order valence-corrected chi connectivity index (χ4v) is 3.02.